The summed E-state index contributed by atoms with van der Waals surface area (Å²) in [5.74, 6) is 1.87. The van der Waals surface area contributed by atoms with Crippen molar-refractivity contribution in [2.45, 2.75) is 25.7 Å². The molecule has 0 aliphatic carbocycles. The standard InChI is InChI=1S/C13H18N2O2/c1-9(4-3-7-14)13-15-11-6-5-10(16-2)8-12(11)17-13/h5-6,8-9H,3-4,7,14H2,1-2H3. The van der Waals surface area contributed by atoms with Gasteiger partial charge in [-0.3, -0.25) is 0 Å². The van der Waals surface area contributed by atoms with Crippen LogP contribution in [0.2, 0.25) is 0 Å². The van der Waals surface area contributed by atoms with Crippen molar-refractivity contribution in [2.24, 2.45) is 5.73 Å². The van der Waals surface area contributed by atoms with Crippen LogP contribution < -0.4 is 10.5 Å². The summed E-state index contributed by atoms with van der Waals surface area (Å²) in [6.45, 7) is 2.82. The van der Waals surface area contributed by atoms with Crippen LogP contribution in [-0.4, -0.2) is 18.6 Å². The molecule has 0 bridgehead atoms. The first kappa shape index (κ1) is 11.9. The van der Waals surface area contributed by atoms with Crippen molar-refractivity contribution in [1.82, 2.24) is 4.98 Å². The molecule has 92 valence electrons. The number of ether oxygens (including phenoxy) is 1. The van der Waals surface area contributed by atoms with Crippen molar-refractivity contribution in [3.8, 4) is 5.75 Å². The summed E-state index contributed by atoms with van der Waals surface area (Å²) in [6, 6.07) is 5.66. The Bertz CT molecular complexity index is 493. The molecule has 1 aromatic carbocycles. The lowest BCUT2D eigenvalue weighted by atomic mass is 10.1. The Morgan fingerprint density at radius 3 is 3.00 bits per heavy atom. The molecule has 0 amide bonds. The van der Waals surface area contributed by atoms with Gasteiger partial charge in [0.1, 0.15) is 11.3 Å². The van der Waals surface area contributed by atoms with Crippen LogP contribution in [0, 0.1) is 0 Å². The fraction of sp³-hybridized carbons (Fsp3) is 0.462. The van der Waals surface area contributed by atoms with E-state index in [1.807, 2.05) is 18.2 Å². The van der Waals surface area contributed by atoms with Crippen molar-refractivity contribution in [1.29, 1.82) is 0 Å². The van der Waals surface area contributed by atoms with Crippen molar-refractivity contribution in [3.63, 3.8) is 0 Å². The number of rotatable bonds is 5. The minimum Gasteiger partial charge on any atom is -0.497 e. The fourth-order valence-electron chi connectivity index (χ4n) is 1.81. The third-order valence-electron chi connectivity index (χ3n) is 2.87. The average molecular weight is 234 g/mol. The molecule has 0 spiro atoms. The zero-order valence-corrected chi connectivity index (χ0v) is 10.3. The molecule has 0 aliphatic heterocycles. The predicted octanol–water partition coefficient (Wildman–Crippen LogP) is 2.68. The zero-order valence-electron chi connectivity index (χ0n) is 10.3. The molecular weight excluding hydrogens is 216 g/mol. The van der Waals surface area contributed by atoms with Gasteiger partial charge >= 0.3 is 0 Å². The first-order chi connectivity index (χ1) is 8.24. The maximum Gasteiger partial charge on any atom is 0.198 e. The number of oxazole rings is 1. The van der Waals surface area contributed by atoms with Gasteiger partial charge < -0.3 is 14.9 Å². The summed E-state index contributed by atoms with van der Waals surface area (Å²) >= 11 is 0. The van der Waals surface area contributed by atoms with Gasteiger partial charge in [-0.1, -0.05) is 6.92 Å². The highest BCUT2D eigenvalue weighted by atomic mass is 16.5. The Balaban J connectivity index is 2.24. The number of aromatic nitrogens is 1. The molecule has 1 heterocycles. The van der Waals surface area contributed by atoms with Gasteiger partial charge in [-0.15, -0.1) is 0 Å². The Morgan fingerprint density at radius 1 is 1.47 bits per heavy atom. The van der Waals surface area contributed by atoms with Gasteiger partial charge in [-0.25, -0.2) is 4.98 Å². The third-order valence-corrected chi connectivity index (χ3v) is 2.87. The number of fused-ring (bicyclic) bond motifs is 1. The van der Waals surface area contributed by atoms with Gasteiger partial charge in [0.2, 0.25) is 0 Å². The molecular formula is C13H18N2O2. The third kappa shape index (κ3) is 2.58. The molecule has 0 fully saturated rings. The van der Waals surface area contributed by atoms with E-state index < -0.39 is 0 Å². The van der Waals surface area contributed by atoms with E-state index in [4.69, 9.17) is 14.9 Å². The van der Waals surface area contributed by atoms with Crippen LogP contribution in [0.1, 0.15) is 31.6 Å². The first-order valence-corrected chi connectivity index (χ1v) is 5.89. The average Bonchev–Trinajstić information content (AvgIpc) is 2.78. The molecule has 4 nitrogen and oxygen atoms in total. The van der Waals surface area contributed by atoms with E-state index in [2.05, 4.69) is 11.9 Å². The maximum absolute atomic E-state index is 5.74. The van der Waals surface area contributed by atoms with Crippen LogP contribution in [0.4, 0.5) is 0 Å². The minimum absolute atomic E-state index is 0.303. The molecule has 2 N–H and O–H groups in total. The second-order valence-electron chi connectivity index (χ2n) is 4.22. The summed E-state index contributed by atoms with van der Waals surface area (Å²) < 4.78 is 10.9. The number of benzene rings is 1. The molecule has 1 atom stereocenters. The van der Waals surface area contributed by atoms with Gasteiger partial charge in [-0.2, -0.15) is 0 Å². The minimum atomic E-state index is 0.303. The van der Waals surface area contributed by atoms with Crippen molar-refractivity contribution in [3.05, 3.63) is 24.1 Å². The molecule has 0 saturated heterocycles. The summed E-state index contributed by atoms with van der Waals surface area (Å²) in [5.41, 5.74) is 7.15. The normalized spacial score (nSPS) is 12.9. The monoisotopic (exact) mass is 234 g/mol. The van der Waals surface area contributed by atoms with Gasteiger partial charge in [0.15, 0.2) is 11.5 Å². The molecule has 0 saturated carbocycles. The highest BCUT2D eigenvalue weighted by Crippen LogP contribution is 2.26. The summed E-state index contributed by atoms with van der Waals surface area (Å²) in [4.78, 5) is 4.48. The number of methoxy groups -OCH3 is 1. The molecule has 1 aromatic heterocycles. The predicted molar refractivity (Wildman–Crippen MR) is 67.3 cm³/mol. The van der Waals surface area contributed by atoms with Crippen molar-refractivity contribution < 1.29 is 9.15 Å². The smallest absolute Gasteiger partial charge is 0.198 e. The molecule has 0 radical (unpaired) electrons. The molecule has 2 aromatic rings. The summed E-state index contributed by atoms with van der Waals surface area (Å²) in [7, 11) is 1.64. The van der Waals surface area contributed by atoms with Crippen molar-refractivity contribution >= 4 is 11.1 Å². The second kappa shape index (κ2) is 5.19. The highest BCUT2D eigenvalue weighted by molar-refractivity contribution is 5.74. The van der Waals surface area contributed by atoms with Crippen LogP contribution in [0.15, 0.2) is 22.6 Å². The summed E-state index contributed by atoms with van der Waals surface area (Å²) in [6.07, 6.45) is 1.99. The number of nitrogens with two attached hydrogens (primary N) is 1. The van der Waals surface area contributed by atoms with Gasteiger partial charge in [0.05, 0.1) is 7.11 Å². The lowest BCUT2D eigenvalue weighted by Gasteiger charge is -2.04. The molecule has 1 unspecified atom stereocenters. The Kier molecular flexibility index (Phi) is 3.64. The quantitative estimate of drug-likeness (QED) is 0.864. The van der Waals surface area contributed by atoms with E-state index in [1.54, 1.807) is 7.11 Å². The maximum atomic E-state index is 5.74. The van der Waals surface area contributed by atoms with E-state index in [-0.39, 0.29) is 0 Å². The molecule has 17 heavy (non-hydrogen) atoms. The molecule has 2 rings (SSSR count). The van der Waals surface area contributed by atoms with Gasteiger partial charge in [0, 0.05) is 12.0 Å². The fourth-order valence-corrected chi connectivity index (χ4v) is 1.81. The van der Waals surface area contributed by atoms with E-state index in [9.17, 15) is 0 Å². The molecule has 4 heteroatoms. The van der Waals surface area contributed by atoms with E-state index in [0.29, 0.717) is 12.5 Å². The zero-order chi connectivity index (χ0) is 12.3. The van der Waals surface area contributed by atoms with Crippen LogP contribution in [-0.2, 0) is 0 Å². The highest BCUT2D eigenvalue weighted by Gasteiger charge is 2.13. The second-order valence-corrected chi connectivity index (χ2v) is 4.22. The summed E-state index contributed by atoms with van der Waals surface area (Å²) in [5, 5.41) is 0. The van der Waals surface area contributed by atoms with E-state index in [0.717, 1.165) is 35.6 Å². The SMILES string of the molecule is COc1ccc2nc(C(C)CCCN)oc2c1. The topological polar surface area (TPSA) is 61.3 Å². The largest absolute Gasteiger partial charge is 0.497 e. The number of hydrogen-bond acceptors (Lipinski definition) is 4. The Morgan fingerprint density at radius 2 is 2.29 bits per heavy atom. The number of hydrogen-bond donors (Lipinski definition) is 1. The van der Waals surface area contributed by atoms with E-state index >= 15 is 0 Å². The van der Waals surface area contributed by atoms with Crippen LogP contribution in [0.5, 0.6) is 5.75 Å². The Labute approximate surface area is 101 Å². The Hall–Kier alpha value is -1.55. The van der Waals surface area contributed by atoms with Crippen LogP contribution in [0.3, 0.4) is 0 Å². The van der Waals surface area contributed by atoms with Gasteiger partial charge in [0.25, 0.3) is 0 Å². The first-order valence-electron chi connectivity index (χ1n) is 5.89. The van der Waals surface area contributed by atoms with E-state index in [1.165, 1.54) is 0 Å². The van der Waals surface area contributed by atoms with Crippen molar-refractivity contribution in [2.75, 3.05) is 13.7 Å². The lowest BCUT2D eigenvalue weighted by molar-refractivity contribution is 0.413. The van der Waals surface area contributed by atoms with Gasteiger partial charge in [-0.05, 0) is 31.5 Å². The number of nitrogens with zero attached hydrogens (tertiary/aromatic N) is 1. The van der Waals surface area contributed by atoms with Crippen LogP contribution in [0.25, 0.3) is 11.1 Å². The molecule has 0 aliphatic rings. The van der Waals surface area contributed by atoms with Crippen LogP contribution >= 0.6 is 0 Å². The lowest BCUT2D eigenvalue weighted by Crippen LogP contribution is -2.01.